The Kier molecular flexibility index (Phi) is 2.49. The summed E-state index contributed by atoms with van der Waals surface area (Å²) in [6, 6.07) is 10.5. The maximum atomic E-state index is 4.34. The quantitative estimate of drug-likeness (QED) is 0.671. The summed E-state index contributed by atoms with van der Waals surface area (Å²) >= 11 is 0. The van der Waals surface area contributed by atoms with Crippen LogP contribution in [0.3, 0.4) is 0 Å². The molecule has 1 aliphatic heterocycles. The fourth-order valence-electron chi connectivity index (χ4n) is 1.80. The van der Waals surface area contributed by atoms with Crippen molar-refractivity contribution in [2.24, 2.45) is 10.9 Å². The number of benzene rings is 1. The van der Waals surface area contributed by atoms with Crippen molar-refractivity contribution in [1.82, 2.24) is 0 Å². The third kappa shape index (κ3) is 1.63. The van der Waals surface area contributed by atoms with Gasteiger partial charge in [0.2, 0.25) is 0 Å². The molecule has 0 aromatic heterocycles. The monoisotopic (exact) mass is 185 g/mol. The minimum absolute atomic E-state index is 0.566. The summed E-state index contributed by atoms with van der Waals surface area (Å²) in [7, 11) is 0. The molecule has 0 bridgehead atoms. The van der Waals surface area contributed by atoms with Gasteiger partial charge < -0.3 is 0 Å². The van der Waals surface area contributed by atoms with Crippen LogP contribution >= 0.6 is 0 Å². The minimum atomic E-state index is 0.566. The lowest BCUT2D eigenvalue weighted by Crippen LogP contribution is -1.97. The van der Waals surface area contributed by atoms with Crippen molar-refractivity contribution in [2.45, 2.75) is 13.8 Å². The fourth-order valence-corrected chi connectivity index (χ4v) is 1.80. The van der Waals surface area contributed by atoms with Gasteiger partial charge in [0.05, 0.1) is 6.54 Å². The first-order valence-electron chi connectivity index (χ1n) is 5.07. The molecule has 0 amide bonds. The van der Waals surface area contributed by atoms with Crippen molar-refractivity contribution in [2.75, 3.05) is 6.54 Å². The molecule has 0 saturated carbocycles. The molecule has 14 heavy (non-hydrogen) atoms. The number of aliphatic imine (C=N–C) groups is 1. The lowest BCUT2D eigenvalue weighted by Gasteiger charge is -2.08. The highest BCUT2D eigenvalue weighted by Gasteiger charge is 2.14. The summed E-state index contributed by atoms with van der Waals surface area (Å²) in [4.78, 5) is 4.34. The Morgan fingerprint density at radius 2 is 1.86 bits per heavy atom. The topological polar surface area (TPSA) is 12.4 Å². The summed E-state index contributed by atoms with van der Waals surface area (Å²) in [5.74, 6) is 0.566. The maximum absolute atomic E-state index is 4.34. The van der Waals surface area contributed by atoms with Crippen molar-refractivity contribution >= 4 is 11.8 Å². The predicted octanol–water partition coefficient (Wildman–Crippen LogP) is 3.18. The molecular weight excluding hydrogens is 170 g/mol. The van der Waals surface area contributed by atoms with Gasteiger partial charge in [-0.25, -0.2) is 0 Å². The molecule has 0 unspecified atom stereocenters. The number of rotatable bonds is 2. The van der Waals surface area contributed by atoms with Crippen LogP contribution < -0.4 is 0 Å². The second-order valence-corrected chi connectivity index (χ2v) is 3.92. The van der Waals surface area contributed by atoms with Crippen LogP contribution in [0.2, 0.25) is 0 Å². The van der Waals surface area contributed by atoms with E-state index in [2.05, 4.69) is 49.2 Å². The third-order valence-corrected chi connectivity index (χ3v) is 2.57. The molecule has 0 fully saturated rings. The van der Waals surface area contributed by atoms with Crippen LogP contribution in [0.4, 0.5) is 0 Å². The van der Waals surface area contributed by atoms with E-state index in [0.717, 1.165) is 6.54 Å². The van der Waals surface area contributed by atoms with E-state index in [1.807, 2.05) is 6.21 Å². The second kappa shape index (κ2) is 3.79. The number of allylic oxidation sites excluding steroid dienone is 1. The van der Waals surface area contributed by atoms with E-state index in [1.165, 1.54) is 16.7 Å². The van der Waals surface area contributed by atoms with E-state index < -0.39 is 0 Å². The molecule has 1 heterocycles. The van der Waals surface area contributed by atoms with Crippen LogP contribution in [-0.2, 0) is 0 Å². The zero-order valence-corrected chi connectivity index (χ0v) is 8.70. The molecule has 0 spiro atoms. The second-order valence-electron chi connectivity index (χ2n) is 3.92. The Bertz CT molecular complexity index is 371. The van der Waals surface area contributed by atoms with E-state index in [-0.39, 0.29) is 0 Å². The van der Waals surface area contributed by atoms with Gasteiger partial charge in [-0.3, -0.25) is 4.99 Å². The van der Waals surface area contributed by atoms with E-state index in [0.29, 0.717) is 5.92 Å². The van der Waals surface area contributed by atoms with E-state index in [4.69, 9.17) is 0 Å². The van der Waals surface area contributed by atoms with Gasteiger partial charge in [0.1, 0.15) is 0 Å². The average molecular weight is 185 g/mol. The number of hydrogen-bond donors (Lipinski definition) is 0. The maximum Gasteiger partial charge on any atom is 0.0649 e. The standard InChI is InChI=1S/C13H15N/c1-10(2)12-8-14-9-13(12)11-6-4-3-5-7-11/h3-8,10H,9H2,1-2H3. The molecule has 0 radical (unpaired) electrons. The Labute approximate surface area is 85.2 Å². The van der Waals surface area contributed by atoms with Gasteiger partial charge in [-0.1, -0.05) is 44.2 Å². The summed E-state index contributed by atoms with van der Waals surface area (Å²) < 4.78 is 0. The van der Waals surface area contributed by atoms with E-state index in [1.54, 1.807) is 0 Å². The SMILES string of the molecule is CC(C)C1=C(c2ccccc2)CN=C1. The van der Waals surface area contributed by atoms with Crippen molar-refractivity contribution in [1.29, 1.82) is 0 Å². The molecule has 0 saturated heterocycles. The normalized spacial score (nSPS) is 15.6. The Morgan fingerprint density at radius 3 is 2.50 bits per heavy atom. The van der Waals surface area contributed by atoms with Gasteiger partial charge >= 0.3 is 0 Å². The fraction of sp³-hybridized carbons (Fsp3) is 0.308. The number of nitrogens with zero attached hydrogens (tertiary/aromatic N) is 1. The zero-order chi connectivity index (χ0) is 9.97. The Hall–Kier alpha value is -1.37. The van der Waals surface area contributed by atoms with Crippen molar-refractivity contribution in [3.05, 3.63) is 41.5 Å². The molecule has 72 valence electrons. The first-order valence-corrected chi connectivity index (χ1v) is 5.07. The van der Waals surface area contributed by atoms with Crippen molar-refractivity contribution in [3.63, 3.8) is 0 Å². The molecular formula is C13H15N. The summed E-state index contributed by atoms with van der Waals surface area (Å²) in [5, 5.41) is 0. The Morgan fingerprint density at radius 1 is 1.14 bits per heavy atom. The van der Waals surface area contributed by atoms with Gasteiger partial charge in [-0.2, -0.15) is 0 Å². The first kappa shape index (κ1) is 9.20. The van der Waals surface area contributed by atoms with E-state index in [9.17, 15) is 0 Å². The highest BCUT2D eigenvalue weighted by atomic mass is 14.7. The van der Waals surface area contributed by atoms with Crippen LogP contribution in [0.5, 0.6) is 0 Å². The van der Waals surface area contributed by atoms with Gasteiger partial charge in [0, 0.05) is 6.21 Å². The third-order valence-electron chi connectivity index (χ3n) is 2.57. The van der Waals surface area contributed by atoms with Gasteiger partial charge in [0.15, 0.2) is 0 Å². The largest absolute Gasteiger partial charge is 0.288 e. The van der Waals surface area contributed by atoms with E-state index >= 15 is 0 Å². The van der Waals surface area contributed by atoms with Crippen molar-refractivity contribution in [3.8, 4) is 0 Å². The highest BCUT2D eigenvalue weighted by Crippen LogP contribution is 2.26. The first-order chi connectivity index (χ1) is 6.79. The van der Waals surface area contributed by atoms with Crippen LogP contribution in [0, 0.1) is 5.92 Å². The molecule has 0 N–H and O–H groups in total. The molecule has 1 aromatic carbocycles. The number of hydrogen-bond acceptors (Lipinski definition) is 1. The molecule has 1 heteroatoms. The van der Waals surface area contributed by atoms with Crippen LogP contribution in [0.25, 0.3) is 5.57 Å². The van der Waals surface area contributed by atoms with Gasteiger partial charge in [-0.15, -0.1) is 0 Å². The van der Waals surface area contributed by atoms with Gasteiger partial charge in [-0.05, 0) is 22.6 Å². The smallest absolute Gasteiger partial charge is 0.0649 e. The molecule has 1 aromatic rings. The molecule has 0 atom stereocenters. The molecule has 1 aliphatic rings. The van der Waals surface area contributed by atoms with Crippen LogP contribution in [0.1, 0.15) is 19.4 Å². The molecule has 0 aliphatic carbocycles. The summed E-state index contributed by atoms with van der Waals surface area (Å²) in [6.07, 6.45) is 2.02. The predicted molar refractivity (Wildman–Crippen MR) is 61.6 cm³/mol. The summed E-state index contributed by atoms with van der Waals surface area (Å²) in [6.45, 7) is 5.28. The summed E-state index contributed by atoms with van der Waals surface area (Å²) in [5.41, 5.74) is 4.09. The van der Waals surface area contributed by atoms with Crippen LogP contribution in [-0.4, -0.2) is 12.8 Å². The average Bonchev–Trinajstić information content (AvgIpc) is 2.67. The molecule has 1 nitrogen and oxygen atoms in total. The van der Waals surface area contributed by atoms with Crippen LogP contribution in [0.15, 0.2) is 40.9 Å². The Balaban J connectivity index is 2.40. The molecule has 2 rings (SSSR count). The lowest BCUT2D eigenvalue weighted by molar-refractivity contribution is 0.811. The lowest BCUT2D eigenvalue weighted by atomic mass is 9.95. The zero-order valence-electron chi connectivity index (χ0n) is 8.70. The minimum Gasteiger partial charge on any atom is -0.288 e. The highest BCUT2D eigenvalue weighted by molar-refractivity contribution is 5.96. The van der Waals surface area contributed by atoms with Gasteiger partial charge in [0.25, 0.3) is 0 Å². The van der Waals surface area contributed by atoms with Crippen molar-refractivity contribution < 1.29 is 0 Å².